The van der Waals surface area contributed by atoms with Gasteiger partial charge in [-0.05, 0) is 57.9 Å². The van der Waals surface area contributed by atoms with Crippen molar-refractivity contribution >= 4 is 13.4 Å². The summed E-state index contributed by atoms with van der Waals surface area (Å²) in [5.74, 6) is 2.59. The Morgan fingerprint density at radius 1 is 1.24 bits per heavy atom. The van der Waals surface area contributed by atoms with E-state index in [1.165, 1.54) is 0 Å². The van der Waals surface area contributed by atoms with E-state index in [2.05, 4.69) is 5.92 Å². The van der Waals surface area contributed by atoms with E-state index >= 15 is 0 Å². The summed E-state index contributed by atoms with van der Waals surface area (Å²) in [6.45, 7) is 10.0. The predicted octanol–water partition coefficient (Wildman–Crippen LogP) is 2.96. The molecule has 4 heteroatoms. The molecule has 0 N–H and O–H groups in total. The third-order valence-electron chi connectivity index (χ3n) is 4.54. The van der Waals surface area contributed by atoms with Crippen LogP contribution in [0.2, 0.25) is 0 Å². The number of hydrogen-bond donors (Lipinski definition) is 0. The molecule has 110 valence electrons. The van der Waals surface area contributed by atoms with E-state index < -0.39 is 0 Å². The summed E-state index contributed by atoms with van der Waals surface area (Å²) in [6, 6.07) is 3.66. The molecule has 1 aliphatic heterocycles. The van der Waals surface area contributed by atoms with E-state index in [1.54, 1.807) is 6.07 Å². The van der Waals surface area contributed by atoms with Gasteiger partial charge in [0.2, 0.25) is 0 Å². The highest BCUT2D eigenvalue weighted by atomic mass is 16.7. The number of rotatable bonds is 3. The summed E-state index contributed by atoms with van der Waals surface area (Å²) in [6.07, 6.45) is 6.87. The molecule has 0 spiro atoms. The van der Waals surface area contributed by atoms with Gasteiger partial charge in [-0.15, -0.1) is 6.42 Å². The number of terminal acetylenes is 1. The highest BCUT2D eigenvalue weighted by molar-refractivity contribution is 6.45. The minimum absolute atomic E-state index is 0.332. The second kappa shape index (κ2) is 5.33. The Morgan fingerprint density at radius 2 is 1.81 bits per heavy atom. The smallest absolute Gasteiger partial charge is 0.403 e. The Hall–Kier alpha value is -1.57. The molecular weight excluding hydrogens is 263 g/mol. The maximum atomic E-state index is 11.2. The summed E-state index contributed by atoms with van der Waals surface area (Å²) in [7, 11) is -0.332. The number of benzene rings is 1. The maximum Gasteiger partial charge on any atom is 0.462 e. The van der Waals surface area contributed by atoms with Gasteiger partial charge in [-0.1, -0.05) is 5.92 Å². The first-order valence-corrected chi connectivity index (χ1v) is 7.11. The van der Waals surface area contributed by atoms with Crippen LogP contribution < -0.4 is 0 Å². The van der Waals surface area contributed by atoms with Crippen molar-refractivity contribution in [3.05, 3.63) is 34.4 Å². The van der Waals surface area contributed by atoms with Crippen molar-refractivity contribution in [3.63, 3.8) is 0 Å². The van der Waals surface area contributed by atoms with Crippen LogP contribution in [0.25, 0.3) is 0 Å². The molecule has 1 aromatic rings. The zero-order chi connectivity index (χ0) is 15.8. The van der Waals surface area contributed by atoms with Crippen molar-refractivity contribution < 1.29 is 14.1 Å². The molecule has 2 rings (SSSR count). The molecule has 1 aromatic carbocycles. The van der Waals surface area contributed by atoms with Gasteiger partial charge in [0, 0.05) is 17.4 Å². The van der Waals surface area contributed by atoms with E-state index in [1.807, 2.05) is 40.7 Å². The van der Waals surface area contributed by atoms with Crippen molar-refractivity contribution in [1.29, 1.82) is 0 Å². The normalized spacial score (nSPS) is 19.3. The Labute approximate surface area is 127 Å². The molecular formula is C17H21BO3. The first kappa shape index (κ1) is 15.8. The number of hydrogen-bond acceptors (Lipinski definition) is 3. The second-order valence-corrected chi connectivity index (χ2v) is 6.50. The molecule has 0 atom stereocenters. The lowest BCUT2D eigenvalue weighted by Gasteiger charge is -2.32. The van der Waals surface area contributed by atoms with Gasteiger partial charge in [0.25, 0.3) is 0 Å². The Kier molecular flexibility index (Phi) is 4.01. The SMILES string of the molecule is C#Cc1cc(C=O)c(C)c(CB2OC(C)(C)C(C)(C)O2)c1. The number of carbonyl (C=O) groups excluding carboxylic acids is 1. The number of carbonyl (C=O) groups is 1. The topological polar surface area (TPSA) is 35.5 Å². The average molecular weight is 284 g/mol. The third kappa shape index (κ3) is 2.90. The molecule has 1 heterocycles. The van der Waals surface area contributed by atoms with E-state index in [4.69, 9.17) is 15.7 Å². The van der Waals surface area contributed by atoms with Crippen LogP contribution in [-0.4, -0.2) is 24.6 Å². The van der Waals surface area contributed by atoms with Crippen molar-refractivity contribution in [1.82, 2.24) is 0 Å². The van der Waals surface area contributed by atoms with Crippen molar-refractivity contribution in [2.24, 2.45) is 0 Å². The molecule has 0 aromatic heterocycles. The van der Waals surface area contributed by atoms with Gasteiger partial charge >= 0.3 is 7.12 Å². The maximum absolute atomic E-state index is 11.2. The minimum atomic E-state index is -0.358. The summed E-state index contributed by atoms with van der Waals surface area (Å²) >= 11 is 0. The molecule has 3 nitrogen and oxygen atoms in total. The molecule has 21 heavy (non-hydrogen) atoms. The van der Waals surface area contributed by atoms with Crippen LogP contribution in [0.1, 0.15) is 54.7 Å². The number of aldehydes is 1. The van der Waals surface area contributed by atoms with E-state index in [-0.39, 0.29) is 18.3 Å². The molecule has 1 fully saturated rings. The molecule has 0 amide bonds. The third-order valence-corrected chi connectivity index (χ3v) is 4.54. The largest absolute Gasteiger partial charge is 0.462 e. The lowest BCUT2D eigenvalue weighted by molar-refractivity contribution is 0.00578. The first-order valence-electron chi connectivity index (χ1n) is 7.11. The zero-order valence-electron chi connectivity index (χ0n) is 13.3. The molecule has 0 aliphatic carbocycles. The summed E-state index contributed by atoms with van der Waals surface area (Å²) in [5, 5.41) is 0. The predicted molar refractivity (Wildman–Crippen MR) is 84.3 cm³/mol. The lowest BCUT2D eigenvalue weighted by atomic mass is 9.78. The van der Waals surface area contributed by atoms with Crippen molar-refractivity contribution in [2.75, 3.05) is 0 Å². The van der Waals surface area contributed by atoms with Gasteiger partial charge in [0.15, 0.2) is 0 Å². The van der Waals surface area contributed by atoms with Crippen LogP contribution in [-0.2, 0) is 15.6 Å². The van der Waals surface area contributed by atoms with E-state index in [0.717, 1.165) is 17.4 Å². The average Bonchev–Trinajstić information content (AvgIpc) is 2.59. The Balaban J connectivity index is 2.30. The van der Waals surface area contributed by atoms with Crippen LogP contribution in [0, 0.1) is 19.3 Å². The molecule has 0 bridgehead atoms. The lowest BCUT2D eigenvalue weighted by Crippen LogP contribution is -2.41. The highest BCUT2D eigenvalue weighted by Gasteiger charge is 2.50. The Morgan fingerprint density at radius 3 is 2.29 bits per heavy atom. The van der Waals surface area contributed by atoms with Gasteiger partial charge in [0.1, 0.15) is 6.29 Å². The fourth-order valence-electron chi connectivity index (χ4n) is 2.44. The van der Waals surface area contributed by atoms with Crippen LogP contribution in [0.3, 0.4) is 0 Å². The Bertz CT molecular complexity index is 595. The molecule has 0 unspecified atom stereocenters. The van der Waals surface area contributed by atoms with Gasteiger partial charge < -0.3 is 9.31 Å². The van der Waals surface area contributed by atoms with Gasteiger partial charge in [-0.25, -0.2) is 0 Å². The van der Waals surface area contributed by atoms with Crippen LogP contribution in [0.4, 0.5) is 0 Å². The summed E-state index contributed by atoms with van der Waals surface area (Å²) < 4.78 is 12.0. The summed E-state index contributed by atoms with van der Waals surface area (Å²) in [4.78, 5) is 11.2. The van der Waals surface area contributed by atoms with Gasteiger partial charge in [0.05, 0.1) is 11.2 Å². The molecule has 0 radical (unpaired) electrons. The van der Waals surface area contributed by atoms with Crippen LogP contribution >= 0.6 is 0 Å². The van der Waals surface area contributed by atoms with Gasteiger partial charge in [-0.3, -0.25) is 4.79 Å². The fourth-order valence-corrected chi connectivity index (χ4v) is 2.44. The van der Waals surface area contributed by atoms with Crippen LogP contribution in [0.5, 0.6) is 0 Å². The molecule has 0 saturated carbocycles. The monoisotopic (exact) mass is 284 g/mol. The summed E-state index contributed by atoms with van der Waals surface area (Å²) in [5.41, 5.74) is 2.53. The molecule has 1 saturated heterocycles. The molecule has 1 aliphatic rings. The van der Waals surface area contributed by atoms with E-state index in [9.17, 15) is 4.79 Å². The van der Waals surface area contributed by atoms with E-state index in [0.29, 0.717) is 17.4 Å². The van der Waals surface area contributed by atoms with Crippen molar-refractivity contribution in [3.8, 4) is 12.3 Å². The highest BCUT2D eigenvalue weighted by Crippen LogP contribution is 2.37. The van der Waals surface area contributed by atoms with Crippen molar-refractivity contribution in [2.45, 2.75) is 52.1 Å². The minimum Gasteiger partial charge on any atom is -0.403 e. The quantitative estimate of drug-likeness (QED) is 0.486. The zero-order valence-corrected chi connectivity index (χ0v) is 13.3. The van der Waals surface area contributed by atoms with Crippen LogP contribution in [0.15, 0.2) is 12.1 Å². The standard InChI is InChI=1S/C17H21BO3/c1-7-13-8-14(12(2)15(9-13)11-19)10-18-20-16(3,4)17(5,6)21-18/h1,8-9,11H,10H2,2-6H3. The van der Waals surface area contributed by atoms with Gasteiger partial charge in [-0.2, -0.15) is 0 Å². The second-order valence-electron chi connectivity index (χ2n) is 6.50. The fraction of sp³-hybridized carbons (Fsp3) is 0.471. The first-order chi connectivity index (χ1) is 9.70.